The van der Waals surface area contributed by atoms with Gasteiger partial charge in [0.1, 0.15) is 12.1 Å². The van der Waals surface area contributed by atoms with Gasteiger partial charge in [-0.2, -0.15) is 0 Å². The van der Waals surface area contributed by atoms with Crippen LogP contribution >= 0.6 is 0 Å². The van der Waals surface area contributed by atoms with Crippen LogP contribution in [0.5, 0.6) is 0 Å². The van der Waals surface area contributed by atoms with Crippen LogP contribution in [0.25, 0.3) is 0 Å². The minimum Gasteiger partial charge on any atom is -0.480 e. The number of rotatable bonds is 2. The molecule has 22 heavy (non-hydrogen) atoms. The van der Waals surface area contributed by atoms with E-state index in [1.54, 1.807) is 6.21 Å². The molecule has 2 aliphatic rings. The van der Waals surface area contributed by atoms with E-state index < -0.39 is 18.0 Å². The third-order valence-corrected chi connectivity index (χ3v) is 2.99. The predicted octanol–water partition coefficient (Wildman–Crippen LogP) is 0.992. The maximum Gasteiger partial charge on any atom is 0.328 e. The third-order valence-electron chi connectivity index (χ3n) is 2.99. The molecule has 0 spiro atoms. The largest absolute Gasteiger partial charge is 0.480 e. The number of nitrogens with one attached hydrogen (secondary N) is 1. The van der Waals surface area contributed by atoms with Gasteiger partial charge in [-0.05, 0) is 44.9 Å². The number of hydrogen-bond donors (Lipinski definition) is 5. The van der Waals surface area contributed by atoms with Crippen molar-refractivity contribution in [3.05, 3.63) is 9.93 Å². The Labute approximate surface area is 127 Å². The summed E-state index contributed by atoms with van der Waals surface area (Å²) < 4.78 is 0. The normalized spacial score (nSPS) is 22.5. The number of carboxylic acids is 2. The quantitative estimate of drug-likeness (QED) is 0.367. The molecule has 0 aromatic rings. The molecule has 1 fully saturated rings. The monoisotopic (exact) mass is 322 g/mol. The van der Waals surface area contributed by atoms with Crippen molar-refractivity contribution in [1.29, 1.82) is 0 Å². The zero-order valence-corrected chi connectivity index (χ0v) is 12.1. The van der Waals surface area contributed by atoms with Gasteiger partial charge >= 0.3 is 11.9 Å². The highest BCUT2D eigenvalue weighted by Gasteiger charge is 2.18. The van der Waals surface area contributed by atoms with Gasteiger partial charge in [0.05, 0.1) is 0 Å². The molecule has 0 saturated carbocycles. The highest BCUT2D eigenvalue weighted by atomic mass is 17.0. The molecule has 5 N–H and O–H groups in total. The van der Waals surface area contributed by atoms with Crippen LogP contribution < -0.4 is 5.32 Å². The molecule has 0 aromatic heterocycles. The van der Waals surface area contributed by atoms with E-state index in [4.69, 9.17) is 30.7 Å². The highest BCUT2D eigenvalue weighted by molar-refractivity contribution is 5.76. The number of piperidine rings is 1. The summed E-state index contributed by atoms with van der Waals surface area (Å²) in [7, 11) is 0. The zero-order valence-electron chi connectivity index (χ0n) is 12.1. The topological polar surface area (TPSA) is 174 Å². The molecular weight excluding hydrogens is 300 g/mol. The van der Waals surface area contributed by atoms with E-state index in [2.05, 4.69) is 10.3 Å². The summed E-state index contributed by atoms with van der Waals surface area (Å²) >= 11 is 0. The van der Waals surface area contributed by atoms with E-state index in [9.17, 15) is 9.59 Å². The molecule has 0 aliphatic carbocycles. The first kappa shape index (κ1) is 22.4. The van der Waals surface area contributed by atoms with Crippen molar-refractivity contribution in [1.82, 2.24) is 5.32 Å². The smallest absolute Gasteiger partial charge is 0.328 e. The molecule has 2 aliphatic heterocycles. The molecule has 2 rings (SSSR count). The van der Waals surface area contributed by atoms with Crippen LogP contribution in [0.1, 0.15) is 38.5 Å². The summed E-state index contributed by atoms with van der Waals surface area (Å²) in [5.74, 6) is -1.51. The van der Waals surface area contributed by atoms with E-state index in [1.807, 2.05) is 0 Å². The Morgan fingerprint density at radius 2 is 1.64 bits per heavy atom. The van der Waals surface area contributed by atoms with Crippen LogP contribution in [0.2, 0.25) is 0 Å². The number of carbonyl (C=O) groups is 2. The highest BCUT2D eigenvalue weighted by Crippen LogP contribution is 2.08. The molecule has 10 nitrogen and oxygen atoms in total. The van der Waals surface area contributed by atoms with Crippen LogP contribution in [-0.4, -0.2) is 57.5 Å². The maximum atomic E-state index is 10.3. The second-order valence-corrected chi connectivity index (χ2v) is 4.46. The van der Waals surface area contributed by atoms with Crippen LogP contribution in [0.15, 0.2) is 4.99 Å². The van der Waals surface area contributed by atoms with E-state index in [0.717, 1.165) is 38.6 Å². The van der Waals surface area contributed by atoms with Gasteiger partial charge in [0, 0.05) is 9.93 Å². The van der Waals surface area contributed by atoms with Crippen molar-refractivity contribution in [3.8, 4) is 0 Å². The van der Waals surface area contributed by atoms with Crippen molar-refractivity contribution in [2.45, 2.75) is 50.6 Å². The molecule has 2 unspecified atom stereocenters. The summed E-state index contributed by atoms with van der Waals surface area (Å²) in [6.07, 6.45) is 7.24. The minimum absolute atomic E-state index is 0.279. The van der Waals surface area contributed by atoms with E-state index >= 15 is 0 Å². The lowest BCUT2D eigenvalue weighted by atomic mass is 10.1. The van der Waals surface area contributed by atoms with Gasteiger partial charge in [-0.1, -0.05) is 6.42 Å². The Kier molecular flexibility index (Phi) is 15.7. The zero-order chi connectivity index (χ0) is 17.4. The van der Waals surface area contributed by atoms with Crippen molar-refractivity contribution >= 4 is 18.2 Å². The SMILES string of the molecule is O=C(O)C1CCCC=N1.O=C(O)C1CCCCN1.O=O.OO. The number of aliphatic imine (C=N–C) groups is 1. The van der Waals surface area contributed by atoms with Crippen LogP contribution in [0, 0.1) is 9.93 Å². The van der Waals surface area contributed by atoms with Crippen molar-refractivity contribution < 1.29 is 30.3 Å². The Morgan fingerprint density at radius 3 is 1.91 bits per heavy atom. The van der Waals surface area contributed by atoms with Gasteiger partial charge in [0.25, 0.3) is 0 Å². The third kappa shape index (κ3) is 10.8. The minimum atomic E-state index is -0.800. The fourth-order valence-corrected chi connectivity index (χ4v) is 1.93. The number of hydrogen-bond acceptors (Lipinski definition) is 8. The van der Waals surface area contributed by atoms with Gasteiger partial charge in [-0.25, -0.2) is 4.79 Å². The molecule has 2 heterocycles. The average molecular weight is 322 g/mol. The Morgan fingerprint density at radius 1 is 1.00 bits per heavy atom. The predicted molar refractivity (Wildman–Crippen MR) is 79.0 cm³/mol. The van der Waals surface area contributed by atoms with Crippen molar-refractivity contribution in [2.24, 2.45) is 4.99 Å². The molecule has 0 bridgehead atoms. The average Bonchev–Trinajstić information content (AvgIpc) is 2.60. The van der Waals surface area contributed by atoms with Gasteiger partial charge in [0.2, 0.25) is 0 Å². The van der Waals surface area contributed by atoms with Crippen LogP contribution in [0.4, 0.5) is 0 Å². The van der Waals surface area contributed by atoms with Crippen LogP contribution in [0.3, 0.4) is 0 Å². The number of carboxylic acid groups (broad SMARTS) is 2. The summed E-state index contributed by atoms with van der Waals surface area (Å²) in [6.45, 7) is 0.858. The van der Waals surface area contributed by atoms with Gasteiger partial charge < -0.3 is 15.5 Å². The molecular formula is C12H22N2O8. The number of aliphatic carboxylic acids is 2. The molecule has 0 aromatic carbocycles. The number of nitrogens with zero attached hydrogens (tertiary/aromatic N) is 1. The molecule has 1 saturated heterocycles. The van der Waals surface area contributed by atoms with E-state index in [0.29, 0.717) is 6.42 Å². The van der Waals surface area contributed by atoms with E-state index in [-0.39, 0.29) is 6.04 Å². The maximum absolute atomic E-state index is 10.3. The first-order valence-corrected chi connectivity index (χ1v) is 6.68. The first-order valence-electron chi connectivity index (χ1n) is 6.68. The lowest BCUT2D eigenvalue weighted by Gasteiger charge is -2.18. The summed E-state index contributed by atoms with van der Waals surface area (Å²) in [6, 6.07) is -0.738. The van der Waals surface area contributed by atoms with Gasteiger partial charge in [0.15, 0.2) is 0 Å². The Bertz CT molecular complexity index is 331. The van der Waals surface area contributed by atoms with Crippen LogP contribution in [-0.2, 0) is 9.59 Å². The molecule has 2 atom stereocenters. The summed E-state index contributed by atoms with van der Waals surface area (Å²) in [4.78, 5) is 38.3. The molecule has 128 valence electrons. The standard InChI is InChI=1S/C6H11NO2.C6H9NO2.H2O2.O2/c2*8-6(9)5-3-1-2-4-7-5;2*1-2/h5,7H,1-4H2,(H,8,9);4-5H,1-3H2,(H,8,9);1-2H;. The fraction of sp³-hybridized carbons (Fsp3) is 0.750. The summed E-state index contributed by atoms with van der Waals surface area (Å²) in [5.41, 5.74) is 0. The first-order chi connectivity index (χ1) is 10.6. The second-order valence-electron chi connectivity index (χ2n) is 4.46. The molecule has 0 amide bonds. The Balaban J connectivity index is 0. The Hall–Kier alpha value is -1.91. The lowest BCUT2D eigenvalue weighted by molar-refractivity contribution is -0.176. The van der Waals surface area contributed by atoms with Crippen molar-refractivity contribution in [3.63, 3.8) is 0 Å². The van der Waals surface area contributed by atoms with E-state index in [1.165, 1.54) is 0 Å². The molecule has 0 radical (unpaired) electrons. The second kappa shape index (κ2) is 15.5. The van der Waals surface area contributed by atoms with Gasteiger partial charge in [-0.15, -0.1) is 0 Å². The fourth-order valence-electron chi connectivity index (χ4n) is 1.93. The van der Waals surface area contributed by atoms with Gasteiger partial charge in [-0.3, -0.25) is 20.3 Å². The van der Waals surface area contributed by atoms with Crippen molar-refractivity contribution in [2.75, 3.05) is 6.54 Å². The lowest BCUT2D eigenvalue weighted by Crippen LogP contribution is -2.40. The molecule has 10 heteroatoms. The summed E-state index contributed by atoms with van der Waals surface area (Å²) in [5, 5.41) is 31.8.